The zero-order valence-corrected chi connectivity index (χ0v) is 24.6. The molecule has 3 N–H and O–H groups in total. The van der Waals surface area contributed by atoms with Gasteiger partial charge < -0.3 is 20.1 Å². The van der Waals surface area contributed by atoms with Crippen LogP contribution in [0.25, 0.3) is 11.3 Å². The van der Waals surface area contributed by atoms with Gasteiger partial charge in [-0.15, -0.1) is 0 Å². The Morgan fingerprint density at radius 2 is 1.88 bits per heavy atom. The van der Waals surface area contributed by atoms with Crippen molar-refractivity contribution in [1.29, 1.82) is 0 Å². The van der Waals surface area contributed by atoms with Crippen LogP contribution in [0.15, 0.2) is 52.7 Å². The lowest BCUT2D eigenvalue weighted by atomic mass is 9.78. The van der Waals surface area contributed by atoms with Gasteiger partial charge in [0.05, 0.1) is 6.26 Å². The van der Waals surface area contributed by atoms with Gasteiger partial charge in [0.2, 0.25) is 5.91 Å². The van der Waals surface area contributed by atoms with Crippen LogP contribution in [0.3, 0.4) is 0 Å². The Hall–Kier alpha value is -3.19. The summed E-state index contributed by atoms with van der Waals surface area (Å²) in [5.41, 5.74) is 7.59. The van der Waals surface area contributed by atoms with Gasteiger partial charge in [0.15, 0.2) is 5.54 Å². The Morgan fingerprint density at radius 1 is 1.18 bits per heavy atom. The highest BCUT2D eigenvalue weighted by molar-refractivity contribution is 6.06. The molecule has 2 atom stereocenters. The first-order valence-electron chi connectivity index (χ1n) is 14.8. The van der Waals surface area contributed by atoms with Crippen LogP contribution in [-0.2, 0) is 9.53 Å². The number of aliphatic imine (C=N–C) groups is 1. The summed E-state index contributed by atoms with van der Waals surface area (Å²) in [6.07, 6.45) is 10.1. The van der Waals surface area contributed by atoms with Gasteiger partial charge in [-0.3, -0.25) is 4.79 Å². The summed E-state index contributed by atoms with van der Waals surface area (Å²) in [6, 6.07) is 9.26. The minimum atomic E-state index is -0.320. The molecule has 6 rings (SSSR count). The van der Waals surface area contributed by atoms with E-state index in [1.54, 1.807) is 6.92 Å². The Morgan fingerprint density at radius 3 is 2.48 bits per heavy atom. The Kier molecular flexibility index (Phi) is 6.56. The molecule has 7 nitrogen and oxygen atoms in total. The molecule has 3 aliphatic heterocycles. The summed E-state index contributed by atoms with van der Waals surface area (Å²) >= 11 is 0. The third-order valence-electron chi connectivity index (χ3n) is 10.6. The first-order chi connectivity index (χ1) is 19.1. The topological polar surface area (TPSA) is 88.1 Å². The van der Waals surface area contributed by atoms with Crippen LogP contribution >= 0.6 is 0 Å². The highest BCUT2D eigenvalue weighted by Gasteiger charge is 2.69. The number of carbonyl (C=O) groups is 1. The highest BCUT2D eigenvalue weighted by Crippen LogP contribution is 2.74. The second kappa shape index (κ2) is 9.72. The maximum absolute atomic E-state index is 11.6. The number of benzene rings is 1. The van der Waals surface area contributed by atoms with E-state index >= 15 is 0 Å². The molecule has 1 spiro atoms. The van der Waals surface area contributed by atoms with Crippen molar-refractivity contribution in [2.45, 2.75) is 78.7 Å². The van der Waals surface area contributed by atoms with Crippen molar-refractivity contribution in [2.24, 2.45) is 21.7 Å². The van der Waals surface area contributed by atoms with Gasteiger partial charge in [-0.1, -0.05) is 44.2 Å². The molecule has 2 aliphatic carbocycles. The van der Waals surface area contributed by atoms with Crippen LogP contribution in [0.5, 0.6) is 0 Å². The van der Waals surface area contributed by atoms with Crippen LogP contribution in [0.1, 0.15) is 84.3 Å². The number of hydrogen-bond donors (Lipinski definition) is 3. The van der Waals surface area contributed by atoms with Crippen molar-refractivity contribution in [3.8, 4) is 0 Å². The molecule has 2 saturated carbocycles. The molecule has 212 valence electrons. The minimum absolute atomic E-state index is 0.136. The maximum Gasteiger partial charge on any atom is 0.499 e. The van der Waals surface area contributed by atoms with Crippen LogP contribution in [0, 0.1) is 16.7 Å². The molecular formula is C33H43N4O3+. The Bertz CT molecular complexity index is 1370. The van der Waals surface area contributed by atoms with Gasteiger partial charge in [-0.25, -0.2) is 4.99 Å². The van der Waals surface area contributed by atoms with Crippen molar-refractivity contribution in [2.75, 3.05) is 19.7 Å². The molecule has 7 heteroatoms. The minimum Gasteiger partial charge on any atom is -0.397 e. The van der Waals surface area contributed by atoms with E-state index in [-0.39, 0.29) is 16.9 Å². The molecular weight excluding hydrogens is 500 g/mol. The number of amides is 1. The first-order valence-corrected chi connectivity index (χ1v) is 14.8. The molecule has 2 fully saturated rings. The van der Waals surface area contributed by atoms with E-state index in [0.717, 1.165) is 62.2 Å². The van der Waals surface area contributed by atoms with Crippen LogP contribution < -0.4 is 10.3 Å². The van der Waals surface area contributed by atoms with E-state index < -0.39 is 0 Å². The fourth-order valence-electron chi connectivity index (χ4n) is 7.86. The van der Waals surface area contributed by atoms with Crippen molar-refractivity contribution < 1.29 is 19.6 Å². The lowest BCUT2D eigenvalue weighted by Crippen LogP contribution is -2.87. The number of nitrogens with one attached hydrogen (secondary N) is 2. The zero-order valence-electron chi connectivity index (χ0n) is 24.6. The fraction of sp³-hybridized carbons (Fsp3) is 0.545. The third kappa shape index (κ3) is 4.43. The number of rotatable bonds is 4. The van der Waals surface area contributed by atoms with E-state index in [1.807, 2.05) is 11.2 Å². The van der Waals surface area contributed by atoms with Crippen LogP contribution in [0.2, 0.25) is 0 Å². The Balaban J connectivity index is 1.10. The predicted octanol–water partition coefficient (Wildman–Crippen LogP) is 3.76. The number of nitrogens with zero attached hydrogens (tertiary/aromatic N) is 2. The normalized spacial score (nSPS) is 30.8. The van der Waals surface area contributed by atoms with E-state index in [2.05, 4.69) is 68.3 Å². The van der Waals surface area contributed by atoms with Crippen molar-refractivity contribution in [3.63, 3.8) is 0 Å². The molecule has 1 amide bonds. The SMILES string of the molecule is CC(=O)N1CC=C(c2ccc(C3=C(C)CC4(C)[NH+]=C(OC=C5CCC6(CC5)C(CO)C6(C)C)N=C4N3)cc2)CC1. The number of hydrogen-bond acceptors (Lipinski definition) is 5. The summed E-state index contributed by atoms with van der Waals surface area (Å²) in [7, 11) is 0. The molecule has 0 radical (unpaired) electrons. The van der Waals surface area contributed by atoms with E-state index in [1.165, 1.54) is 22.3 Å². The summed E-state index contributed by atoms with van der Waals surface area (Å²) in [5.74, 6) is 1.45. The fourth-order valence-corrected chi connectivity index (χ4v) is 7.86. The average Bonchev–Trinajstić information content (AvgIpc) is 3.19. The van der Waals surface area contributed by atoms with Gasteiger partial charge in [0.1, 0.15) is 0 Å². The van der Waals surface area contributed by atoms with E-state index in [0.29, 0.717) is 30.5 Å². The molecule has 0 aromatic heterocycles. The number of fused-ring (bicyclic) bond motifs is 1. The standard InChI is InChI=1S/C33H42N4O3/c1-21-18-32(5)29(34-28(21)26-8-6-24(7-9-26)25-12-16-37(17-13-25)22(2)39)35-30(36-32)40-20-23-10-14-33(15-11-23)27(19-38)31(33,3)4/h6-9,12,20,27,38H,10-11,13-19H2,1-5H3,(H,34,35,36)/p+1. The lowest BCUT2D eigenvalue weighted by molar-refractivity contribution is -0.528. The predicted molar refractivity (Wildman–Crippen MR) is 158 cm³/mol. The second-order valence-corrected chi connectivity index (χ2v) is 13.2. The molecule has 40 heavy (non-hydrogen) atoms. The molecule has 0 saturated heterocycles. The zero-order chi connectivity index (χ0) is 28.3. The summed E-state index contributed by atoms with van der Waals surface area (Å²) < 4.78 is 6.09. The van der Waals surface area contributed by atoms with Crippen molar-refractivity contribution in [1.82, 2.24) is 10.2 Å². The maximum atomic E-state index is 11.6. The number of carbonyl (C=O) groups excluding carboxylic acids is 1. The van der Waals surface area contributed by atoms with Gasteiger partial charge in [0, 0.05) is 43.7 Å². The van der Waals surface area contributed by atoms with Gasteiger partial charge >= 0.3 is 6.02 Å². The lowest BCUT2D eigenvalue weighted by Gasteiger charge is -2.28. The number of amidine groups is 2. The number of allylic oxidation sites excluding steroid dienone is 1. The Labute approximate surface area is 237 Å². The van der Waals surface area contributed by atoms with Crippen LogP contribution in [-0.4, -0.2) is 53.0 Å². The number of aliphatic hydroxyl groups excluding tert-OH is 1. The van der Waals surface area contributed by atoms with Crippen LogP contribution in [0.4, 0.5) is 0 Å². The highest BCUT2D eigenvalue weighted by atomic mass is 16.5. The molecule has 1 aromatic rings. The van der Waals surface area contributed by atoms with Gasteiger partial charge in [0.25, 0.3) is 5.84 Å². The molecule has 1 aromatic carbocycles. The number of ether oxygens (including phenoxy) is 1. The van der Waals surface area contributed by atoms with Crippen molar-refractivity contribution in [3.05, 3.63) is 58.9 Å². The third-order valence-corrected chi connectivity index (χ3v) is 10.6. The van der Waals surface area contributed by atoms with Gasteiger partial charge in [-0.2, -0.15) is 0 Å². The first kappa shape index (κ1) is 27.0. The second-order valence-electron chi connectivity index (χ2n) is 13.2. The number of aliphatic hydroxyl groups is 1. The summed E-state index contributed by atoms with van der Waals surface area (Å²) in [6.45, 7) is 12.4. The quantitative estimate of drug-likeness (QED) is 0.505. The molecule has 3 heterocycles. The van der Waals surface area contributed by atoms with E-state index in [4.69, 9.17) is 9.73 Å². The average molecular weight is 544 g/mol. The van der Waals surface area contributed by atoms with E-state index in [9.17, 15) is 9.90 Å². The summed E-state index contributed by atoms with van der Waals surface area (Å²) in [4.78, 5) is 21.8. The smallest absolute Gasteiger partial charge is 0.397 e. The largest absolute Gasteiger partial charge is 0.499 e. The molecule has 0 bridgehead atoms. The van der Waals surface area contributed by atoms with Crippen molar-refractivity contribution >= 4 is 29.0 Å². The monoisotopic (exact) mass is 543 g/mol. The van der Waals surface area contributed by atoms with Gasteiger partial charge in [-0.05, 0) is 90.5 Å². The molecule has 5 aliphatic rings. The summed E-state index contributed by atoms with van der Waals surface area (Å²) in [5, 5.41) is 13.4. The molecule has 2 unspecified atom stereocenters.